The van der Waals surface area contributed by atoms with E-state index in [9.17, 15) is 14.7 Å². The largest absolute Gasteiger partial charge is 0.359 e. The van der Waals surface area contributed by atoms with Crippen molar-refractivity contribution in [3.05, 3.63) is 95.0 Å². The Morgan fingerprint density at radius 3 is 2.40 bits per heavy atom. The van der Waals surface area contributed by atoms with Crippen molar-refractivity contribution in [1.82, 2.24) is 5.32 Å². The number of rotatable bonds is 5. The van der Waals surface area contributed by atoms with E-state index < -0.39 is 17.7 Å². The lowest BCUT2D eigenvalue weighted by Gasteiger charge is -2.42. The number of hydrogen-bond acceptors (Lipinski definition) is 3. The summed E-state index contributed by atoms with van der Waals surface area (Å²) >= 11 is 5.97. The van der Waals surface area contributed by atoms with Crippen LogP contribution < -0.4 is 15.5 Å². The molecule has 7 heteroatoms. The molecule has 1 heterocycles. The van der Waals surface area contributed by atoms with Gasteiger partial charge in [-0.25, -0.2) is 4.79 Å². The molecule has 0 aromatic heterocycles. The van der Waals surface area contributed by atoms with Gasteiger partial charge in [-0.15, -0.1) is 0 Å². The molecule has 4 rings (SSSR count). The average molecular weight is 422 g/mol. The molecule has 152 valence electrons. The van der Waals surface area contributed by atoms with Crippen LogP contribution in [-0.4, -0.2) is 23.6 Å². The summed E-state index contributed by atoms with van der Waals surface area (Å²) in [5.41, 5.74) is -0.151. The second-order valence-electron chi connectivity index (χ2n) is 6.95. The lowest BCUT2D eigenvalue weighted by molar-refractivity contribution is -0.140. The van der Waals surface area contributed by atoms with E-state index in [0.717, 1.165) is 10.5 Å². The van der Waals surface area contributed by atoms with Gasteiger partial charge in [0.1, 0.15) is 0 Å². The van der Waals surface area contributed by atoms with Crippen LogP contribution in [0.3, 0.4) is 0 Å². The van der Waals surface area contributed by atoms with Crippen molar-refractivity contribution >= 4 is 34.9 Å². The van der Waals surface area contributed by atoms with Crippen LogP contribution in [0.2, 0.25) is 5.02 Å². The fraction of sp³-hybridized carbons (Fsp3) is 0.130. The first kappa shape index (κ1) is 19.9. The number of aliphatic hydroxyl groups is 1. The standard InChI is InChI=1S/C23H20ClN3O3/c24-17-10-12-18(13-11-17)27-22(29)26-20-9-5-4-8-19(20)23(27,30)21(28)25-15-14-16-6-2-1-3-7-16/h1-13,30H,14-15H2,(H,25,28)(H,26,29). The van der Waals surface area contributed by atoms with Gasteiger partial charge in [-0.05, 0) is 42.3 Å². The number of carbonyl (C=O) groups excluding carboxylic acids is 2. The average Bonchev–Trinajstić information content (AvgIpc) is 2.75. The molecule has 1 aliphatic heterocycles. The molecular weight excluding hydrogens is 402 g/mol. The Labute approximate surface area is 179 Å². The molecule has 30 heavy (non-hydrogen) atoms. The van der Waals surface area contributed by atoms with Gasteiger partial charge >= 0.3 is 6.03 Å². The number of carbonyl (C=O) groups is 2. The molecule has 1 unspecified atom stereocenters. The monoisotopic (exact) mass is 421 g/mol. The zero-order chi connectivity index (χ0) is 21.1. The number of urea groups is 1. The second kappa shape index (κ2) is 8.18. The Kier molecular flexibility index (Phi) is 5.44. The molecule has 0 spiro atoms. The van der Waals surface area contributed by atoms with E-state index in [-0.39, 0.29) is 5.56 Å². The topological polar surface area (TPSA) is 81.7 Å². The van der Waals surface area contributed by atoms with Crippen molar-refractivity contribution in [1.29, 1.82) is 0 Å². The number of nitrogens with one attached hydrogen (secondary N) is 2. The maximum Gasteiger partial charge on any atom is 0.329 e. The van der Waals surface area contributed by atoms with Gasteiger partial charge in [-0.3, -0.25) is 9.69 Å². The van der Waals surface area contributed by atoms with Gasteiger partial charge in [-0.2, -0.15) is 0 Å². The van der Waals surface area contributed by atoms with Crippen molar-refractivity contribution in [3.8, 4) is 0 Å². The zero-order valence-electron chi connectivity index (χ0n) is 16.0. The summed E-state index contributed by atoms with van der Waals surface area (Å²) in [6.07, 6.45) is 0.595. The van der Waals surface area contributed by atoms with E-state index in [1.165, 1.54) is 0 Å². The van der Waals surface area contributed by atoms with Crippen molar-refractivity contribution < 1.29 is 14.7 Å². The summed E-state index contributed by atoms with van der Waals surface area (Å²) in [6.45, 7) is 0.309. The summed E-state index contributed by atoms with van der Waals surface area (Å²) < 4.78 is 0. The third-order valence-electron chi connectivity index (χ3n) is 5.01. The quantitative estimate of drug-likeness (QED) is 0.584. The molecule has 6 nitrogen and oxygen atoms in total. The van der Waals surface area contributed by atoms with Gasteiger partial charge < -0.3 is 15.7 Å². The summed E-state index contributed by atoms with van der Waals surface area (Å²) in [5.74, 6) is -0.685. The molecule has 0 bridgehead atoms. The number of fused-ring (bicyclic) bond motifs is 1. The molecule has 0 radical (unpaired) electrons. The molecule has 1 aliphatic rings. The molecule has 1 atom stereocenters. The highest BCUT2D eigenvalue weighted by Gasteiger charge is 2.51. The van der Waals surface area contributed by atoms with Crippen LogP contribution in [0.4, 0.5) is 16.2 Å². The van der Waals surface area contributed by atoms with E-state index in [1.807, 2.05) is 30.3 Å². The van der Waals surface area contributed by atoms with Crippen molar-refractivity contribution in [2.24, 2.45) is 0 Å². The van der Waals surface area contributed by atoms with Crippen LogP contribution in [0.25, 0.3) is 0 Å². The molecule has 0 saturated carbocycles. The molecule has 3 aromatic rings. The fourth-order valence-electron chi connectivity index (χ4n) is 3.54. The Morgan fingerprint density at radius 1 is 1.00 bits per heavy atom. The van der Waals surface area contributed by atoms with Gasteiger partial charge in [0.05, 0.1) is 5.69 Å². The Bertz CT molecular complexity index is 1070. The van der Waals surface area contributed by atoms with Crippen molar-refractivity contribution in [2.45, 2.75) is 12.1 Å². The molecular formula is C23H20ClN3O3. The first-order chi connectivity index (χ1) is 14.5. The molecule has 0 aliphatic carbocycles. The normalized spacial score (nSPS) is 17.8. The first-order valence-electron chi connectivity index (χ1n) is 9.51. The number of anilines is 2. The number of para-hydroxylation sites is 1. The van der Waals surface area contributed by atoms with Crippen LogP contribution in [0.5, 0.6) is 0 Å². The van der Waals surface area contributed by atoms with Gasteiger partial charge in [0, 0.05) is 22.8 Å². The SMILES string of the molecule is O=C1Nc2ccccc2C(O)(C(=O)NCCc2ccccc2)N1c1ccc(Cl)cc1. The highest BCUT2D eigenvalue weighted by Crippen LogP contribution is 2.39. The number of nitrogens with zero attached hydrogens (tertiary/aromatic N) is 1. The van der Waals surface area contributed by atoms with Crippen LogP contribution in [0, 0.1) is 0 Å². The molecule has 0 saturated heterocycles. The van der Waals surface area contributed by atoms with E-state index in [2.05, 4.69) is 10.6 Å². The maximum absolute atomic E-state index is 13.3. The third kappa shape index (κ3) is 3.63. The minimum atomic E-state index is -2.22. The Morgan fingerprint density at radius 2 is 1.67 bits per heavy atom. The fourth-order valence-corrected chi connectivity index (χ4v) is 3.67. The predicted octanol–water partition coefficient (Wildman–Crippen LogP) is 3.90. The zero-order valence-corrected chi connectivity index (χ0v) is 16.8. The van der Waals surface area contributed by atoms with Crippen LogP contribution in [0.15, 0.2) is 78.9 Å². The molecule has 3 aromatic carbocycles. The lowest BCUT2D eigenvalue weighted by Crippen LogP contribution is -2.62. The smallest absolute Gasteiger partial charge is 0.329 e. The Hall–Kier alpha value is -3.35. The van der Waals surface area contributed by atoms with E-state index in [0.29, 0.717) is 29.4 Å². The summed E-state index contributed by atoms with van der Waals surface area (Å²) in [4.78, 5) is 27.2. The van der Waals surface area contributed by atoms with E-state index in [1.54, 1.807) is 48.5 Å². The van der Waals surface area contributed by atoms with Crippen molar-refractivity contribution in [3.63, 3.8) is 0 Å². The second-order valence-corrected chi connectivity index (χ2v) is 7.39. The van der Waals surface area contributed by atoms with Gasteiger partial charge in [0.15, 0.2) is 0 Å². The van der Waals surface area contributed by atoms with Crippen LogP contribution >= 0.6 is 11.6 Å². The van der Waals surface area contributed by atoms with E-state index >= 15 is 0 Å². The lowest BCUT2D eigenvalue weighted by atomic mass is 9.94. The minimum Gasteiger partial charge on any atom is -0.359 e. The Balaban J connectivity index is 1.68. The molecule has 3 N–H and O–H groups in total. The van der Waals surface area contributed by atoms with Gasteiger partial charge in [0.25, 0.3) is 11.6 Å². The minimum absolute atomic E-state index is 0.289. The van der Waals surface area contributed by atoms with Crippen molar-refractivity contribution in [2.75, 3.05) is 16.8 Å². The number of halogens is 1. The van der Waals surface area contributed by atoms with Crippen LogP contribution in [0.1, 0.15) is 11.1 Å². The number of amides is 3. The summed E-state index contributed by atoms with van der Waals surface area (Å²) in [7, 11) is 0. The van der Waals surface area contributed by atoms with E-state index in [4.69, 9.17) is 11.6 Å². The first-order valence-corrected chi connectivity index (χ1v) is 9.89. The predicted molar refractivity (Wildman–Crippen MR) is 116 cm³/mol. The number of hydrogen-bond donors (Lipinski definition) is 3. The van der Waals surface area contributed by atoms with Crippen LogP contribution in [-0.2, 0) is 16.9 Å². The highest BCUT2D eigenvalue weighted by molar-refractivity contribution is 6.30. The number of benzene rings is 3. The molecule has 0 fully saturated rings. The van der Waals surface area contributed by atoms with Gasteiger partial charge in [0.2, 0.25) is 0 Å². The molecule has 3 amide bonds. The maximum atomic E-state index is 13.3. The third-order valence-corrected chi connectivity index (χ3v) is 5.27. The highest BCUT2D eigenvalue weighted by atomic mass is 35.5. The summed E-state index contributed by atoms with van der Waals surface area (Å²) in [6, 6.07) is 22.1. The van der Waals surface area contributed by atoms with Gasteiger partial charge in [-0.1, -0.05) is 60.1 Å². The summed E-state index contributed by atoms with van der Waals surface area (Å²) in [5, 5.41) is 17.6.